The van der Waals surface area contributed by atoms with E-state index in [1.165, 1.54) is 11.3 Å². The van der Waals surface area contributed by atoms with Gasteiger partial charge < -0.3 is 14.8 Å². The molecule has 1 N–H and O–H groups in total. The molecule has 4 rings (SSSR count). The van der Waals surface area contributed by atoms with Gasteiger partial charge in [-0.15, -0.1) is 0 Å². The largest absolute Gasteiger partial charge is 0.368 e. The third-order valence-corrected chi connectivity index (χ3v) is 5.69. The Balaban J connectivity index is 1.36. The van der Waals surface area contributed by atoms with Crippen molar-refractivity contribution in [3.63, 3.8) is 0 Å². The molecule has 1 amide bonds. The molecule has 3 aromatic rings. The number of fused-ring (bicyclic) bond motifs is 1. The number of carbonyl (C=O) groups is 1. The molecule has 1 saturated heterocycles. The smallest absolute Gasteiger partial charge is 0.251 e. The number of piperazine rings is 1. The number of rotatable bonds is 4. The standard InChI is InChI=1S/C24H27N3O2/c1-17-4-3-5-21(14-17)26-10-12-27(13-11-26)23(28)9-8-20-16-19-7-6-18(2)15-22(19)25-24(20)29/h3-7,14-16H,8-13H2,1-2H3,(H,25,29). The maximum absolute atomic E-state index is 12.7. The molecule has 1 aromatic heterocycles. The fraction of sp³-hybridized carbons (Fsp3) is 0.333. The van der Waals surface area contributed by atoms with E-state index in [0.29, 0.717) is 18.4 Å². The van der Waals surface area contributed by atoms with Crippen molar-refractivity contribution in [3.05, 3.63) is 75.6 Å². The molecule has 1 aliphatic heterocycles. The lowest BCUT2D eigenvalue weighted by molar-refractivity contribution is -0.131. The lowest BCUT2D eigenvalue weighted by atomic mass is 10.1. The van der Waals surface area contributed by atoms with Crippen LogP contribution in [0.3, 0.4) is 0 Å². The molecular formula is C24H27N3O2. The van der Waals surface area contributed by atoms with E-state index in [-0.39, 0.29) is 11.5 Å². The summed E-state index contributed by atoms with van der Waals surface area (Å²) < 4.78 is 0. The highest BCUT2D eigenvalue weighted by molar-refractivity contribution is 5.80. The molecule has 2 aromatic carbocycles. The Kier molecular flexibility index (Phi) is 5.38. The zero-order valence-corrected chi connectivity index (χ0v) is 17.1. The van der Waals surface area contributed by atoms with Gasteiger partial charge in [-0.3, -0.25) is 9.59 Å². The lowest BCUT2D eigenvalue weighted by Gasteiger charge is -2.36. The summed E-state index contributed by atoms with van der Waals surface area (Å²) >= 11 is 0. The Bertz CT molecular complexity index is 1090. The summed E-state index contributed by atoms with van der Waals surface area (Å²) in [5, 5.41) is 1.00. The van der Waals surface area contributed by atoms with Crippen molar-refractivity contribution in [2.24, 2.45) is 0 Å². The van der Waals surface area contributed by atoms with Crippen molar-refractivity contribution >= 4 is 22.5 Å². The highest BCUT2D eigenvalue weighted by atomic mass is 16.2. The molecule has 2 heterocycles. The number of benzene rings is 2. The van der Waals surface area contributed by atoms with Crippen molar-refractivity contribution in [2.75, 3.05) is 31.1 Å². The van der Waals surface area contributed by atoms with E-state index in [0.717, 1.165) is 42.6 Å². The number of anilines is 1. The third kappa shape index (κ3) is 4.34. The van der Waals surface area contributed by atoms with Crippen LogP contribution in [0.2, 0.25) is 0 Å². The van der Waals surface area contributed by atoms with Crippen LogP contribution in [-0.4, -0.2) is 42.0 Å². The summed E-state index contributed by atoms with van der Waals surface area (Å²) in [6.07, 6.45) is 0.834. The first kappa shape index (κ1) is 19.2. The molecule has 29 heavy (non-hydrogen) atoms. The van der Waals surface area contributed by atoms with Gasteiger partial charge in [0.15, 0.2) is 0 Å². The van der Waals surface area contributed by atoms with Crippen LogP contribution in [0.15, 0.2) is 53.3 Å². The van der Waals surface area contributed by atoms with E-state index < -0.39 is 0 Å². The molecular weight excluding hydrogens is 362 g/mol. The Morgan fingerprint density at radius 2 is 1.72 bits per heavy atom. The first-order valence-corrected chi connectivity index (χ1v) is 10.2. The number of aromatic amines is 1. The normalized spacial score (nSPS) is 14.4. The number of hydrogen-bond acceptors (Lipinski definition) is 3. The van der Waals surface area contributed by atoms with Gasteiger partial charge in [-0.25, -0.2) is 0 Å². The molecule has 150 valence electrons. The highest BCUT2D eigenvalue weighted by Crippen LogP contribution is 2.18. The number of nitrogens with zero attached hydrogens (tertiary/aromatic N) is 2. The van der Waals surface area contributed by atoms with Gasteiger partial charge in [0.25, 0.3) is 5.56 Å². The number of carbonyl (C=O) groups excluding carboxylic acids is 1. The monoisotopic (exact) mass is 389 g/mol. The summed E-state index contributed by atoms with van der Waals surface area (Å²) in [6, 6.07) is 16.4. The van der Waals surface area contributed by atoms with Gasteiger partial charge in [-0.1, -0.05) is 24.3 Å². The van der Waals surface area contributed by atoms with E-state index >= 15 is 0 Å². The minimum atomic E-state index is -0.0971. The SMILES string of the molecule is Cc1cccc(N2CCN(C(=O)CCc3cc4ccc(C)cc4[nH]c3=O)CC2)c1. The fourth-order valence-electron chi connectivity index (χ4n) is 3.98. The second-order valence-corrected chi connectivity index (χ2v) is 7.92. The minimum Gasteiger partial charge on any atom is -0.368 e. The molecule has 0 atom stereocenters. The van der Waals surface area contributed by atoms with Crippen molar-refractivity contribution in [3.8, 4) is 0 Å². The van der Waals surface area contributed by atoms with Crippen LogP contribution >= 0.6 is 0 Å². The molecule has 5 nitrogen and oxygen atoms in total. The zero-order chi connectivity index (χ0) is 20.4. The third-order valence-electron chi connectivity index (χ3n) is 5.69. The number of aryl methyl sites for hydroxylation is 3. The number of aromatic nitrogens is 1. The van der Waals surface area contributed by atoms with Gasteiger partial charge in [0.05, 0.1) is 0 Å². The van der Waals surface area contributed by atoms with Crippen LogP contribution in [0.1, 0.15) is 23.1 Å². The van der Waals surface area contributed by atoms with E-state index in [1.54, 1.807) is 0 Å². The maximum Gasteiger partial charge on any atom is 0.251 e. The van der Waals surface area contributed by atoms with Gasteiger partial charge >= 0.3 is 0 Å². The molecule has 0 aliphatic carbocycles. The predicted molar refractivity (Wildman–Crippen MR) is 118 cm³/mol. The van der Waals surface area contributed by atoms with E-state index in [9.17, 15) is 9.59 Å². The Labute approximate surface area is 171 Å². The molecule has 1 aliphatic rings. The van der Waals surface area contributed by atoms with Gasteiger partial charge in [0.1, 0.15) is 0 Å². The summed E-state index contributed by atoms with van der Waals surface area (Å²) in [7, 11) is 0. The van der Waals surface area contributed by atoms with Crippen molar-refractivity contribution < 1.29 is 4.79 Å². The van der Waals surface area contributed by atoms with Crippen LogP contribution in [0.4, 0.5) is 5.69 Å². The molecule has 0 unspecified atom stereocenters. The van der Waals surface area contributed by atoms with Crippen molar-refractivity contribution in [1.29, 1.82) is 0 Å². The van der Waals surface area contributed by atoms with E-state index in [4.69, 9.17) is 0 Å². The van der Waals surface area contributed by atoms with Gasteiger partial charge in [0, 0.05) is 49.4 Å². The molecule has 0 radical (unpaired) electrons. The Hall–Kier alpha value is -3.08. The topological polar surface area (TPSA) is 56.4 Å². The van der Waals surface area contributed by atoms with Gasteiger partial charge in [-0.05, 0) is 61.0 Å². The first-order chi connectivity index (χ1) is 14.0. The number of H-pyrrole nitrogens is 1. The van der Waals surface area contributed by atoms with Crippen LogP contribution < -0.4 is 10.5 Å². The maximum atomic E-state index is 12.7. The summed E-state index contributed by atoms with van der Waals surface area (Å²) in [5.41, 5.74) is 5.00. The van der Waals surface area contributed by atoms with Crippen LogP contribution in [0.5, 0.6) is 0 Å². The van der Waals surface area contributed by atoms with Crippen molar-refractivity contribution in [2.45, 2.75) is 26.7 Å². The number of nitrogens with one attached hydrogen (secondary N) is 1. The molecule has 5 heteroatoms. The molecule has 0 saturated carbocycles. The van der Waals surface area contributed by atoms with Crippen molar-refractivity contribution in [1.82, 2.24) is 9.88 Å². The summed E-state index contributed by atoms with van der Waals surface area (Å²) in [6.45, 7) is 7.22. The number of hydrogen-bond donors (Lipinski definition) is 1. The average Bonchev–Trinajstić information content (AvgIpc) is 2.72. The fourth-order valence-corrected chi connectivity index (χ4v) is 3.98. The molecule has 0 spiro atoms. The highest BCUT2D eigenvalue weighted by Gasteiger charge is 2.21. The van der Waals surface area contributed by atoms with Crippen LogP contribution in [0, 0.1) is 13.8 Å². The second kappa shape index (κ2) is 8.11. The first-order valence-electron chi connectivity index (χ1n) is 10.2. The van der Waals surface area contributed by atoms with Crippen LogP contribution in [-0.2, 0) is 11.2 Å². The average molecular weight is 389 g/mol. The zero-order valence-electron chi connectivity index (χ0n) is 17.1. The van der Waals surface area contributed by atoms with E-state index in [2.05, 4.69) is 41.1 Å². The number of pyridine rings is 1. The summed E-state index contributed by atoms with van der Waals surface area (Å²) in [4.78, 5) is 32.2. The van der Waals surface area contributed by atoms with E-state index in [1.807, 2.05) is 36.1 Å². The second-order valence-electron chi connectivity index (χ2n) is 7.92. The lowest BCUT2D eigenvalue weighted by Crippen LogP contribution is -2.48. The molecule has 0 bridgehead atoms. The minimum absolute atomic E-state index is 0.0971. The van der Waals surface area contributed by atoms with Gasteiger partial charge in [-0.2, -0.15) is 0 Å². The van der Waals surface area contributed by atoms with Crippen LogP contribution in [0.25, 0.3) is 10.9 Å². The predicted octanol–water partition coefficient (Wildman–Crippen LogP) is 3.43. The quantitative estimate of drug-likeness (QED) is 0.744. The van der Waals surface area contributed by atoms with Gasteiger partial charge in [0.2, 0.25) is 5.91 Å². The number of amides is 1. The Morgan fingerprint density at radius 3 is 2.48 bits per heavy atom. The Morgan fingerprint density at radius 1 is 0.966 bits per heavy atom. The molecule has 1 fully saturated rings. The summed E-state index contributed by atoms with van der Waals surface area (Å²) in [5.74, 6) is 0.122.